The molecule has 0 aromatic heterocycles. The molecule has 0 amide bonds. The van der Waals surface area contributed by atoms with Gasteiger partial charge >= 0.3 is 5.97 Å². The molecule has 1 fully saturated rings. The van der Waals surface area contributed by atoms with E-state index in [1.165, 1.54) is 6.92 Å². The number of carbonyl (C=O) groups excluding carboxylic acids is 2. The number of hydrogen-bond acceptors (Lipinski definition) is 12. The maximum absolute atomic E-state index is 12.5. The van der Waals surface area contributed by atoms with Gasteiger partial charge in [-0.25, -0.2) is 4.79 Å². The van der Waals surface area contributed by atoms with Gasteiger partial charge in [0.05, 0.1) is 19.6 Å². The SMILES string of the molecule is COC(=O)C1=CO[C@@H](O[C@@H]2O[C@H](CO)[C@@H](O)[C@H](O)[C@H]2O)[C@@H]2C(C)=C(O)C(=O)[C@]12O. The highest BCUT2D eigenvalue weighted by atomic mass is 16.8. The lowest BCUT2D eigenvalue weighted by molar-refractivity contribution is -0.342. The highest BCUT2D eigenvalue weighted by Crippen LogP contribution is 2.47. The van der Waals surface area contributed by atoms with Gasteiger partial charge in [-0.15, -0.1) is 0 Å². The summed E-state index contributed by atoms with van der Waals surface area (Å²) < 4.78 is 20.5. The molecular formula is C17H22O12. The Hall–Kier alpha value is -2.06. The zero-order valence-electron chi connectivity index (χ0n) is 15.5. The first kappa shape index (κ1) is 21.6. The maximum Gasteiger partial charge on any atom is 0.340 e. The van der Waals surface area contributed by atoms with Crippen molar-refractivity contribution in [3.8, 4) is 0 Å². The number of esters is 1. The van der Waals surface area contributed by atoms with Gasteiger partial charge in [0.25, 0.3) is 0 Å². The van der Waals surface area contributed by atoms with Crippen LogP contribution in [0.25, 0.3) is 0 Å². The minimum Gasteiger partial charge on any atom is -0.504 e. The van der Waals surface area contributed by atoms with Crippen LogP contribution >= 0.6 is 0 Å². The summed E-state index contributed by atoms with van der Waals surface area (Å²) in [5.41, 5.74) is -3.17. The van der Waals surface area contributed by atoms with Crippen LogP contribution in [0.3, 0.4) is 0 Å². The summed E-state index contributed by atoms with van der Waals surface area (Å²) in [6, 6.07) is 0. The van der Waals surface area contributed by atoms with Gasteiger partial charge in [0.15, 0.2) is 17.7 Å². The fourth-order valence-electron chi connectivity index (χ4n) is 3.69. The molecule has 29 heavy (non-hydrogen) atoms. The molecule has 0 spiro atoms. The molecule has 162 valence electrons. The normalized spacial score (nSPS) is 42.2. The van der Waals surface area contributed by atoms with Crippen molar-refractivity contribution in [2.75, 3.05) is 13.7 Å². The van der Waals surface area contributed by atoms with Gasteiger partial charge < -0.3 is 49.6 Å². The number of carbonyl (C=O) groups is 2. The second-order valence-electron chi connectivity index (χ2n) is 6.97. The zero-order chi connectivity index (χ0) is 21.7. The van der Waals surface area contributed by atoms with Crippen molar-refractivity contribution in [2.24, 2.45) is 5.92 Å². The van der Waals surface area contributed by atoms with Crippen LogP contribution in [0.5, 0.6) is 0 Å². The topological polar surface area (TPSA) is 192 Å². The number of methoxy groups -OCH3 is 1. The molecule has 12 nitrogen and oxygen atoms in total. The van der Waals surface area contributed by atoms with Crippen molar-refractivity contribution in [2.45, 2.75) is 49.5 Å². The lowest BCUT2D eigenvalue weighted by atomic mass is 9.78. The van der Waals surface area contributed by atoms with E-state index in [1.807, 2.05) is 0 Å². The Kier molecular flexibility index (Phi) is 5.71. The van der Waals surface area contributed by atoms with Crippen LogP contribution < -0.4 is 0 Å². The van der Waals surface area contributed by atoms with Crippen LogP contribution in [0.1, 0.15) is 6.92 Å². The molecule has 12 heteroatoms. The molecule has 0 unspecified atom stereocenters. The molecular weight excluding hydrogens is 396 g/mol. The smallest absolute Gasteiger partial charge is 0.340 e. The first-order valence-corrected chi connectivity index (χ1v) is 8.66. The van der Waals surface area contributed by atoms with Crippen molar-refractivity contribution < 1.29 is 59.2 Å². The maximum atomic E-state index is 12.5. The highest BCUT2D eigenvalue weighted by Gasteiger charge is 2.63. The third kappa shape index (κ3) is 3.13. The zero-order valence-corrected chi connectivity index (χ0v) is 15.5. The van der Waals surface area contributed by atoms with Crippen LogP contribution in [0.2, 0.25) is 0 Å². The molecule has 0 saturated carbocycles. The molecule has 0 aromatic rings. The number of aliphatic hydroxyl groups excluding tert-OH is 5. The lowest BCUT2D eigenvalue weighted by Gasteiger charge is -2.43. The molecule has 2 heterocycles. The Morgan fingerprint density at radius 3 is 2.45 bits per heavy atom. The Balaban J connectivity index is 1.94. The minimum absolute atomic E-state index is 0.0541. The molecule has 8 atom stereocenters. The van der Waals surface area contributed by atoms with E-state index in [1.54, 1.807) is 0 Å². The van der Waals surface area contributed by atoms with E-state index in [9.17, 15) is 40.2 Å². The predicted octanol–water partition coefficient (Wildman–Crippen LogP) is -3.02. The fraction of sp³-hybridized carbons (Fsp3) is 0.647. The van der Waals surface area contributed by atoms with Crippen LogP contribution in [0, 0.1) is 5.92 Å². The monoisotopic (exact) mass is 418 g/mol. The Labute approximate surface area is 164 Å². The molecule has 6 N–H and O–H groups in total. The molecule has 2 aliphatic heterocycles. The fourth-order valence-corrected chi connectivity index (χ4v) is 3.69. The van der Waals surface area contributed by atoms with Crippen molar-refractivity contribution in [3.63, 3.8) is 0 Å². The minimum atomic E-state index is -2.56. The predicted molar refractivity (Wildman–Crippen MR) is 88.6 cm³/mol. The van der Waals surface area contributed by atoms with Crippen molar-refractivity contribution in [1.82, 2.24) is 0 Å². The van der Waals surface area contributed by atoms with Gasteiger partial charge in [-0.3, -0.25) is 4.79 Å². The van der Waals surface area contributed by atoms with Gasteiger partial charge in [0, 0.05) is 0 Å². The molecule has 1 aliphatic carbocycles. The first-order valence-electron chi connectivity index (χ1n) is 8.66. The van der Waals surface area contributed by atoms with Gasteiger partial charge in [-0.2, -0.15) is 0 Å². The second kappa shape index (κ2) is 7.65. The molecule has 1 saturated heterocycles. The van der Waals surface area contributed by atoms with E-state index >= 15 is 0 Å². The second-order valence-corrected chi connectivity index (χ2v) is 6.97. The molecule has 3 rings (SSSR count). The van der Waals surface area contributed by atoms with E-state index in [2.05, 4.69) is 4.74 Å². The van der Waals surface area contributed by atoms with Gasteiger partial charge in [0.1, 0.15) is 36.3 Å². The summed E-state index contributed by atoms with van der Waals surface area (Å²) in [6.45, 7) is 0.609. The number of Topliss-reactive ketones (excluding diaryl/α,β-unsaturated/α-hetero) is 1. The van der Waals surface area contributed by atoms with Crippen LogP contribution in [0.15, 0.2) is 23.2 Å². The van der Waals surface area contributed by atoms with Gasteiger partial charge in [-0.1, -0.05) is 0 Å². The van der Waals surface area contributed by atoms with E-state index in [0.717, 1.165) is 13.4 Å². The lowest BCUT2D eigenvalue weighted by Crippen LogP contribution is -2.61. The van der Waals surface area contributed by atoms with Gasteiger partial charge in [0.2, 0.25) is 12.1 Å². The number of ketones is 1. The Morgan fingerprint density at radius 2 is 1.86 bits per heavy atom. The van der Waals surface area contributed by atoms with E-state index in [4.69, 9.17) is 14.2 Å². The van der Waals surface area contributed by atoms with E-state index in [-0.39, 0.29) is 5.57 Å². The van der Waals surface area contributed by atoms with E-state index < -0.39 is 78.2 Å². The number of aliphatic hydroxyl groups is 6. The third-order valence-electron chi connectivity index (χ3n) is 5.38. The summed E-state index contributed by atoms with van der Waals surface area (Å²) in [7, 11) is 1.03. The molecule has 0 bridgehead atoms. The summed E-state index contributed by atoms with van der Waals surface area (Å²) in [4.78, 5) is 24.5. The first-order chi connectivity index (χ1) is 13.6. The van der Waals surface area contributed by atoms with Crippen molar-refractivity contribution >= 4 is 11.8 Å². The van der Waals surface area contributed by atoms with Crippen molar-refractivity contribution in [3.05, 3.63) is 23.2 Å². The summed E-state index contributed by atoms with van der Waals surface area (Å²) in [5, 5.41) is 60.2. The average molecular weight is 418 g/mol. The largest absolute Gasteiger partial charge is 0.504 e. The molecule has 0 aromatic carbocycles. The average Bonchev–Trinajstić information content (AvgIpc) is 2.88. The van der Waals surface area contributed by atoms with Crippen LogP contribution in [-0.4, -0.2) is 98.7 Å². The third-order valence-corrected chi connectivity index (χ3v) is 5.38. The highest BCUT2D eigenvalue weighted by molar-refractivity contribution is 6.12. The van der Waals surface area contributed by atoms with Crippen LogP contribution in [0.4, 0.5) is 0 Å². The quantitative estimate of drug-likeness (QED) is 0.254. The van der Waals surface area contributed by atoms with E-state index in [0.29, 0.717) is 0 Å². The van der Waals surface area contributed by atoms with Crippen LogP contribution in [-0.2, 0) is 28.5 Å². The number of hydrogen-bond donors (Lipinski definition) is 6. The standard InChI is InChI=1S/C17H22O12/c1-5-8-15(29-16-12(22)11(21)10(20)7(3-18)28-16)27-4-6(14(24)26-2)17(8,25)13(23)9(5)19/h4,7-8,10-12,15-16,18-22,25H,3H2,1-2H3/t7-,8+,10-,11+,12-,15+,16+,17+/m1/s1. The summed E-state index contributed by atoms with van der Waals surface area (Å²) in [6.07, 6.45) is -8.85. The molecule has 3 aliphatic rings. The summed E-state index contributed by atoms with van der Waals surface area (Å²) in [5.74, 6) is -4.44. The number of ether oxygens (including phenoxy) is 4. The number of fused-ring (bicyclic) bond motifs is 1. The Bertz CT molecular complexity index is 758. The van der Waals surface area contributed by atoms with Crippen molar-refractivity contribution in [1.29, 1.82) is 0 Å². The summed E-state index contributed by atoms with van der Waals surface area (Å²) >= 11 is 0. The number of rotatable bonds is 4. The molecule has 0 radical (unpaired) electrons. The Morgan fingerprint density at radius 1 is 1.21 bits per heavy atom. The van der Waals surface area contributed by atoms with Gasteiger partial charge in [-0.05, 0) is 12.5 Å².